The van der Waals surface area contributed by atoms with Crippen molar-refractivity contribution in [2.75, 3.05) is 52.9 Å². The summed E-state index contributed by atoms with van der Waals surface area (Å²) in [7, 11) is 2.19. The van der Waals surface area contributed by atoms with Crippen molar-refractivity contribution >= 4 is 5.78 Å². The molecule has 4 N–H and O–H groups in total. The molecule has 0 aromatic heterocycles. The van der Waals surface area contributed by atoms with Crippen LogP contribution in [0.5, 0.6) is 0 Å². The lowest BCUT2D eigenvalue weighted by Gasteiger charge is -2.45. The van der Waals surface area contributed by atoms with E-state index in [0.717, 1.165) is 26.1 Å². The number of Topliss-reactive ketones (excluding diaryl/α,β-unsaturated/α-hetero) is 1. The van der Waals surface area contributed by atoms with Gasteiger partial charge in [0, 0.05) is 19.1 Å². The largest absolute Gasteiger partial charge is 0.386 e. The van der Waals surface area contributed by atoms with Crippen molar-refractivity contribution in [3.63, 3.8) is 0 Å². The molecule has 0 aromatic rings. The van der Waals surface area contributed by atoms with Crippen molar-refractivity contribution in [1.29, 1.82) is 0 Å². The summed E-state index contributed by atoms with van der Waals surface area (Å²) in [5, 5.41) is 19.2. The predicted octanol–water partition coefficient (Wildman–Crippen LogP) is 1.63. The molecule has 0 saturated carbocycles. The number of carbonyl (C=O) groups is 1. The second-order valence-corrected chi connectivity index (χ2v) is 7.22. The third kappa shape index (κ3) is 9.42. The van der Waals surface area contributed by atoms with Crippen molar-refractivity contribution in [3.05, 3.63) is 0 Å². The van der Waals surface area contributed by atoms with Gasteiger partial charge in [-0.1, -0.05) is 35.1 Å². The van der Waals surface area contributed by atoms with Gasteiger partial charge in [-0.3, -0.25) is 4.79 Å². The van der Waals surface area contributed by atoms with Crippen LogP contribution in [0, 0.1) is 0 Å². The van der Waals surface area contributed by atoms with Crippen LogP contribution in [0.3, 0.4) is 0 Å². The maximum atomic E-state index is 9.91. The van der Waals surface area contributed by atoms with Gasteiger partial charge in [0.1, 0.15) is 5.60 Å². The fourth-order valence-corrected chi connectivity index (χ4v) is 3.22. The Labute approximate surface area is 162 Å². The second-order valence-electron chi connectivity index (χ2n) is 7.22. The lowest BCUT2D eigenvalue weighted by atomic mass is 9.83. The molecule has 4 fully saturated rings. The highest BCUT2D eigenvalue weighted by Gasteiger charge is 2.42. The first-order valence-electron chi connectivity index (χ1n) is 9.17. The summed E-state index contributed by atoms with van der Waals surface area (Å²) in [5.41, 5.74) is -0.430. The molecule has 0 amide bonds. The molecular weight excluding hydrogens is 328 g/mol. The van der Waals surface area contributed by atoms with Gasteiger partial charge in [0.25, 0.3) is 0 Å². The molecule has 4 saturated heterocycles. The first kappa shape index (κ1) is 27.7. The maximum absolute atomic E-state index is 9.91. The summed E-state index contributed by atoms with van der Waals surface area (Å²) >= 11 is 0. The Hall–Kier alpha value is -0.530. The van der Waals surface area contributed by atoms with E-state index in [9.17, 15) is 9.90 Å². The van der Waals surface area contributed by atoms with Crippen LogP contribution in [-0.4, -0.2) is 80.3 Å². The summed E-state index contributed by atoms with van der Waals surface area (Å²) in [6.45, 7) is 6.45. The maximum Gasteiger partial charge on any atom is 0.160 e. The molecule has 1 atom stereocenters. The smallest absolute Gasteiger partial charge is 0.160 e. The zero-order chi connectivity index (χ0) is 16.5. The van der Waals surface area contributed by atoms with E-state index in [4.69, 9.17) is 0 Å². The molecule has 0 radical (unpaired) electrons. The van der Waals surface area contributed by atoms with E-state index < -0.39 is 5.60 Å². The molecule has 6 heteroatoms. The molecule has 4 aliphatic rings. The number of carbonyl (C=O) groups excluding carboxylic acids is 1. The summed E-state index contributed by atoms with van der Waals surface area (Å²) < 4.78 is 0. The van der Waals surface area contributed by atoms with Crippen molar-refractivity contribution in [2.45, 2.75) is 72.4 Å². The van der Waals surface area contributed by atoms with Gasteiger partial charge in [-0.25, -0.2) is 0 Å². The number of rotatable bonds is 1. The van der Waals surface area contributed by atoms with Crippen LogP contribution < -0.4 is 16.0 Å². The molecule has 0 aliphatic carbocycles. The molecule has 26 heavy (non-hydrogen) atoms. The molecule has 4 heterocycles. The van der Waals surface area contributed by atoms with E-state index in [0.29, 0.717) is 24.9 Å². The minimum Gasteiger partial charge on any atom is -0.386 e. The quantitative estimate of drug-likeness (QED) is 0.559. The summed E-state index contributed by atoms with van der Waals surface area (Å²) in [6, 6.07) is 0.345. The highest BCUT2D eigenvalue weighted by Crippen LogP contribution is 2.22. The number of piperidine rings is 2. The van der Waals surface area contributed by atoms with E-state index in [1.165, 1.54) is 45.2 Å². The number of aliphatic hydroxyl groups is 1. The molecule has 4 aliphatic heterocycles. The molecule has 0 bridgehead atoms. The van der Waals surface area contributed by atoms with Gasteiger partial charge in [-0.2, -0.15) is 0 Å². The Morgan fingerprint density at radius 3 is 1.81 bits per heavy atom. The second kappa shape index (κ2) is 14.5. The predicted molar refractivity (Wildman–Crippen MR) is 113 cm³/mol. The zero-order valence-corrected chi connectivity index (χ0v) is 14.6. The van der Waals surface area contributed by atoms with Crippen LogP contribution in [0.15, 0.2) is 0 Å². The topological polar surface area (TPSA) is 76.6 Å². The van der Waals surface area contributed by atoms with Gasteiger partial charge in [0.15, 0.2) is 5.78 Å². The first-order valence-corrected chi connectivity index (χ1v) is 9.17. The molecule has 1 unspecified atom stereocenters. The van der Waals surface area contributed by atoms with Crippen molar-refractivity contribution in [1.82, 2.24) is 20.9 Å². The molecule has 6 nitrogen and oxygen atoms in total. The van der Waals surface area contributed by atoms with Gasteiger partial charge >= 0.3 is 0 Å². The van der Waals surface area contributed by atoms with E-state index in [-0.39, 0.29) is 22.3 Å². The highest BCUT2D eigenvalue weighted by atomic mass is 16.3. The van der Waals surface area contributed by atoms with Crippen molar-refractivity contribution in [3.8, 4) is 0 Å². The lowest BCUT2D eigenvalue weighted by Crippen LogP contribution is -2.69. The van der Waals surface area contributed by atoms with E-state index in [1.807, 2.05) is 0 Å². The Balaban J connectivity index is 0. The van der Waals surface area contributed by atoms with Crippen LogP contribution in [0.2, 0.25) is 0 Å². The number of hydrogen-bond donors (Lipinski definition) is 4. The van der Waals surface area contributed by atoms with Gasteiger partial charge in [-0.05, 0) is 52.4 Å². The van der Waals surface area contributed by atoms with Gasteiger partial charge < -0.3 is 26.0 Å². The van der Waals surface area contributed by atoms with Gasteiger partial charge in [0.2, 0.25) is 0 Å². The highest BCUT2D eigenvalue weighted by molar-refractivity contribution is 5.87. The number of nitrogens with one attached hydrogen (secondary N) is 3. The van der Waals surface area contributed by atoms with E-state index in [1.54, 1.807) is 0 Å². The van der Waals surface area contributed by atoms with Crippen molar-refractivity contribution in [2.24, 2.45) is 0 Å². The summed E-state index contributed by atoms with van der Waals surface area (Å²) in [6.07, 6.45) is 7.94. The van der Waals surface area contributed by atoms with Gasteiger partial charge in [-0.15, -0.1) is 0 Å². The zero-order valence-electron chi connectivity index (χ0n) is 14.6. The SMILES string of the molecule is C.C.C.CN1CCCCC1.O=C1CNC1.OC1(C2CCCCN2)CNC1. The summed E-state index contributed by atoms with van der Waals surface area (Å²) in [5.74, 6) is 0.324. The Kier molecular flexibility index (Phi) is 15.5. The molecule has 158 valence electrons. The fourth-order valence-electron chi connectivity index (χ4n) is 3.22. The monoisotopic (exact) mass is 374 g/mol. The van der Waals surface area contributed by atoms with Crippen LogP contribution in [0.4, 0.5) is 0 Å². The molecular formula is C20H46N4O2. The van der Waals surface area contributed by atoms with E-state index >= 15 is 0 Å². The third-order valence-electron chi connectivity index (χ3n) is 5.05. The Morgan fingerprint density at radius 1 is 0.962 bits per heavy atom. The molecule has 0 spiro atoms. The minimum atomic E-state index is -0.430. The molecule has 4 rings (SSSR count). The normalized spacial score (nSPS) is 26.4. The lowest BCUT2D eigenvalue weighted by molar-refractivity contribution is -0.121. The van der Waals surface area contributed by atoms with Crippen LogP contribution in [0.25, 0.3) is 0 Å². The van der Waals surface area contributed by atoms with Crippen LogP contribution >= 0.6 is 0 Å². The number of hydrogen-bond acceptors (Lipinski definition) is 6. The standard InChI is InChI=1S/C8H16N2O.C6H13N.C3H5NO.3CH4/c11-8(5-9-6-8)7-3-1-2-4-10-7;1-7-5-3-2-4-6-7;5-3-1-4-2-3;;;/h7,9-11H,1-6H2;2-6H2,1H3;4H,1-2H2;3*1H4. The van der Waals surface area contributed by atoms with Crippen LogP contribution in [0.1, 0.15) is 60.8 Å². The number of ketones is 1. The minimum absolute atomic E-state index is 0. The average molecular weight is 375 g/mol. The van der Waals surface area contributed by atoms with Crippen LogP contribution in [-0.2, 0) is 4.79 Å². The Morgan fingerprint density at radius 2 is 1.54 bits per heavy atom. The first-order chi connectivity index (χ1) is 11.1. The molecule has 0 aromatic carbocycles. The van der Waals surface area contributed by atoms with Crippen molar-refractivity contribution < 1.29 is 9.90 Å². The number of likely N-dealkylation sites (tertiary alicyclic amines) is 1. The number of nitrogens with zero attached hydrogens (tertiary/aromatic N) is 1. The third-order valence-corrected chi connectivity index (χ3v) is 5.05. The van der Waals surface area contributed by atoms with E-state index in [2.05, 4.69) is 27.9 Å². The summed E-state index contributed by atoms with van der Waals surface area (Å²) in [4.78, 5) is 12.2. The Bertz CT molecular complexity index is 344. The van der Waals surface area contributed by atoms with Gasteiger partial charge in [0.05, 0.1) is 13.1 Å². The number of β-amino-alcohol motifs (C(OH)–C–C–N with tert-alkyl or cyclic N) is 1. The average Bonchev–Trinajstić information content (AvgIpc) is 2.53. The fraction of sp³-hybridized carbons (Fsp3) is 0.950.